The van der Waals surface area contributed by atoms with Crippen molar-refractivity contribution in [1.82, 2.24) is 10.6 Å². The molecule has 12 nitrogen and oxygen atoms in total. The van der Waals surface area contributed by atoms with Crippen molar-refractivity contribution in [1.29, 1.82) is 0 Å². The smallest absolute Gasteiger partial charge is 0.328 e. The second-order valence-electron chi connectivity index (χ2n) is 17.2. The predicted octanol–water partition coefficient (Wildman–Crippen LogP) is 10.6. The van der Waals surface area contributed by atoms with E-state index in [4.69, 9.17) is 43.1 Å². The van der Waals surface area contributed by atoms with Crippen molar-refractivity contribution in [2.24, 2.45) is 22.1 Å². The first-order valence-electron chi connectivity index (χ1n) is 22.9. The van der Waals surface area contributed by atoms with Crippen molar-refractivity contribution in [2.75, 3.05) is 26.3 Å². The molecule has 0 saturated heterocycles. The second kappa shape index (κ2) is 34.3. The van der Waals surface area contributed by atoms with E-state index in [0.29, 0.717) is 49.2 Å². The first-order chi connectivity index (χ1) is 30.7. The van der Waals surface area contributed by atoms with Gasteiger partial charge in [-0.25, -0.2) is 9.59 Å². The fraction of sp³-hybridized carbons (Fsp3) is 0.560. The maximum atomic E-state index is 10.2. The first kappa shape index (κ1) is 56.1. The van der Waals surface area contributed by atoms with Crippen LogP contribution in [-0.4, -0.2) is 94.4 Å². The Bertz CT molecular complexity index is 1590. The van der Waals surface area contributed by atoms with Gasteiger partial charge in [0.2, 0.25) is 0 Å². The van der Waals surface area contributed by atoms with E-state index < -0.39 is 24.1 Å². The topological polar surface area (TPSA) is 182 Å². The first-order valence-corrected chi connectivity index (χ1v) is 23.7. The fourth-order valence-electron chi connectivity index (χ4n) is 6.62. The van der Waals surface area contributed by atoms with Gasteiger partial charge in [-0.2, -0.15) is 0 Å². The molecule has 2 fully saturated rings. The Labute approximate surface area is 391 Å². The van der Waals surface area contributed by atoms with Crippen molar-refractivity contribution in [3.8, 4) is 0 Å². The van der Waals surface area contributed by atoms with Gasteiger partial charge in [0.15, 0.2) is 0 Å². The number of carboxylic acid groups (broad SMARTS) is 2. The summed E-state index contributed by atoms with van der Waals surface area (Å²) >= 11 is 11.9. The average molecular weight is 930 g/mol. The number of carboxylic acids is 2. The number of nitrogens with zero attached hydrogens (tertiary/aromatic N) is 2. The summed E-state index contributed by atoms with van der Waals surface area (Å²) in [6.07, 6.45) is 24.4. The van der Waals surface area contributed by atoms with Gasteiger partial charge >= 0.3 is 11.9 Å². The maximum Gasteiger partial charge on any atom is 0.328 e. The summed E-state index contributed by atoms with van der Waals surface area (Å²) in [6, 6.07) is 16.5. The average Bonchev–Trinajstić information content (AvgIpc) is 3.28. The van der Waals surface area contributed by atoms with Crippen LogP contribution in [0.25, 0.3) is 12.2 Å². The number of oxime groups is 2. The summed E-state index contributed by atoms with van der Waals surface area (Å²) < 4.78 is 0. The molecule has 0 amide bonds. The predicted molar refractivity (Wildman–Crippen MR) is 262 cm³/mol. The van der Waals surface area contributed by atoms with E-state index in [1.54, 1.807) is 0 Å². The number of hydrogen-bond acceptors (Lipinski definition) is 10. The van der Waals surface area contributed by atoms with Crippen LogP contribution in [0, 0.1) is 11.8 Å². The maximum absolute atomic E-state index is 10.2. The van der Waals surface area contributed by atoms with E-state index in [1.165, 1.54) is 64.2 Å². The zero-order chi connectivity index (χ0) is 47.0. The van der Waals surface area contributed by atoms with Crippen LogP contribution < -0.4 is 10.6 Å². The second-order valence-corrected chi connectivity index (χ2v) is 18.1. The quantitative estimate of drug-likeness (QED) is 0.0337. The van der Waals surface area contributed by atoms with Crippen LogP contribution in [0.2, 0.25) is 10.0 Å². The number of nitrogens with one attached hydrogen (secondary N) is 2. The molecule has 0 aliphatic heterocycles. The standard InChI is InChI=1S/2C23H35ClN2O2.C4H4O4/c2*1-18(2)8-14-22(15-11-19-9-12-20(24)13-10-19)26-28-17-23(27)16-25-21-6-4-3-5-7-21;5-3(6)1-2-4(7)8/h2*9-13,15,18,21,23,25,27H,3-8,14,16-17H2,1-2H3;1-2H,(H,5,6)(H,7,8)/b2*15-11+,26-22+;2-1+. The van der Waals surface area contributed by atoms with Gasteiger partial charge in [-0.05, 0) is 111 Å². The van der Waals surface area contributed by atoms with E-state index in [0.717, 1.165) is 58.3 Å². The molecular formula is C50H74Cl2N4O8. The lowest BCUT2D eigenvalue weighted by Gasteiger charge is -2.24. The Morgan fingerprint density at radius 3 is 1.27 bits per heavy atom. The number of carbonyl (C=O) groups is 2. The SMILES string of the molecule is CC(C)CCC(/C=C/c1ccc(Cl)cc1)=N\OCC(O)CNC1CCCCC1.CC(C)CCC(/C=C/c1ccc(Cl)cc1)=N\OCC(O)CNC1CCCCC1.O=C(O)/C=C/C(=O)O. The van der Waals surface area contributed by atoms with Crippen molar-refractivity contribution in [2.45, 2.75) is 142 Å². The molecule has 0 spiro atoms. The van der Waals surface area contributed by atoms with Gasteiger partial charge in [-0.1, -0.05) is 136 Å². The van der Waals surface area contributed by atoms with Gasteiger partial charge in [0.25, 0.3) is 0 Å². The number of halogens is 2. The summed E-state index contributed by atoms with van der Waals surface area (Å²) in [4.78, 5) is 30.0. The number of rotatable bonds is 24. The minimum absolute atomic E-state index is 0.208. The Kier molecular flexibility index (Phi) is 30.1. The van der Waals surface area contributed by atoms with Gasteiger partial charge in [0.05, 0.1) is 11.4 Å². The van der Waals surface area contributed by atoms with Crippen LogP contribution in [-0.2, 0) is 19.3 Å². The molecule has 2 atom stereocenters. The number of aliphatic hydroxyl groups is 2. The minimum Gasteiger partial charge on any atom is -0.478 e. The van der Waals surface area contributed by atoms with E-state index >= 15 is 0 Å². The summed E-state index contributed by atoms with van der Waals surface area (Å²) in [7, 11) is 0. The zero-order valence-electron chi connectivity index (χ0n) is 38.3. The third kappa shape index (κ3) is 30.2. The number of benzene rings is 2. The molecule has 2 unspecified atom stereocenters. The molecule has 64 heavy (non-hydrogen) atoms. The van der Waals surface area contributed by atoms with Crippen LogP contribution >= 0.6 is 23.2 Å². The van der Waals surface area contributed by atoms with E-state index in [9.17, 15) is 19.8 Å². The normalized spacial score (nSPS) is 16.4. The van der Waals surface area contributed by atoms with E-state index in [2.05, 4.69) is 48.6 Å². The third-order valence-corrected chi connectivity index (χ3v) is 10.9. The summed E-state index contributed by atoms with van der Waals surface area (Å²) in [5.74, 6) is -1.32. The lowest BCUT2D eigenvalue weighted by atomic mass is 9.95. The largest absolute Gasteiger partial charge is 0.478 e. The molecule has 0 bridgehead atoms. The molecule has 14 heteroatoms. The van der Waals surface area contributed by atoms with Crippen molar-refractivity contribution in [3.63, 3.8) is 0 Å². The molecule has 2 aromatic rings. The van der Waals surface area contributed by atoms with Crippen LogP contribution in [0.15, 0.2) is 83.1 Å². The van der Waals surface area contributed by atoms with Gasteiger partial charge < -0.3 is 40.7 Å². The van der Waals surface area contributed by atoms with Crippen LogP contribution in [0.4, 0.5) is 0 Å². The Morgan fingerprint density at radius 2 is 0.953 bits per heavy atom. The fourth-order valence-corrected chi connectivity index (χ4v) is 6.87. The molecule has 2 aromatic carbocycles. The summed E-state index contributed by atoms with van der Waals surface area (Å²) in [5.41, 5.74) is 3.91. The number of aliphatic hydroxyl groups excluding tert-OH is 2. The Balaban J connectivity index is 0.000000376. The third-order valence-electron chi connectivity index (χ3n) is 10.4. The van der Waals surface area contributed by atoms with Crippen LogP contribution in [0.1, 0.15) is 129 Å². The highest BCUT2D eigenvalue weighted by atomic mass is 35.5. The highest BCUT2D eigenvalue weighted by Gasteiger charge is 2.16. The monoisotopic (exact) mass is 928 g/mol. The Hall–Kier alpha value is -4.04. The van der Waals surface area contributed by atoms with Crippen molar-refractivity contribution >= 4 is 58.7 Å². The molecular weight excluding hydrogens is 855 g/mol. The lowest BCUT2D eigenvalue weighted by Crippen LogP contribution is -2.38. The zero-order valence-corrected chi connectivity index (χ0v) is 39.9. The Morgan fingerprint density at radius 1 is 0.609 bits per heavy atom. The highest BCUT2D eigenvalue weighted by molar-refractivity contribution is 6.30. The molecule has 6 N–H and O–H groups in total. The van der Waals surface area contributed by atoms with Crippen molar-refractivity contribution in [3.05, 3.63) is 94.0 Å². The molecule has 4 rings (SSSR count). The van der Waals surface area contributed by atoms with Crippen LogP contribution in [0.3, 0.4) is 0 Å². The summed E-state index contributed by atoms with van der Waals surface area (Å²) in [5, 5.41) is 52.8. The highest BCUT2D eigenvalue weighted by Crippen LogP contribution is 2.19. The number of hydrogen-bond donors (Lipinski definition) is 6. The number of allylic oxidation sites excluding steroid dienone is 2. The molecule has 356 valence electrons. The molecule has 0 heterocycles. The van der Waals surface area contributed by atoms with Gasteiger partial charge in [0, 0.05) is 47.4 Å². The molecule has 2 aliphatic carbocycles. The van der Waals surface area contributed by atoms with Crippen molar-refractivity contribution < 1.29 is 39.7 Å². The van der Waals surface area contributed by atoms with E-state index in [1.807, 2.05) is 72.8 Å². The molecule has 2 saturated carbocycles. The summed E-state index contributed by atoms with van der Waals surface area (Å²) in [6.45, 7) is 10.3. The molecule has 0 aromatic heterocycles. The lowest BCUT2D eigenvalue weighted by molar-refractivity contribution is -0.134. The minimum atomic E-state index is -1.26. The van der Waals surface area contributed by atoms with Gasteiger partial charge in [-0.3, -0.25) is 0 Å². The van der Waals surface area contributed by atoms with Crippen LogP contribution in [0.5, 0.6) is 0 Å². The van der Waals surface area contributed by atoms with Gasteiger partial charge in [-0.15, -0.1) is 0 Å². The van der Waals surface area contributed by atoms with E-state index in [-0.39, 0.29) is 13.2 Å². The molecule has 0 radical (unpaired) electrons. The number of aliphatic carboxylic acids is 2. The van der Waals surface area contributed by atoms with Gasteiger partial charge in [0.1, 0.15) is 25.4 Å². The molecule has 2 aliphatic rings.